The van der Waals surface area contributed by atoms with Gasteiger partial charge in [0.1, 0.15) is 0 Å². The molecule has 0 unspecified atom stereocenters. The topological polar surface area (TPSA) is 73.7 Å². The minimum atomic E-state index is -0.671. The number of Topliss-reactive ketones (excluding diaryl/α,β-unsaturated/α-hetero) is 1. The van der Waals surface area contributed by atoms with Crippen LogP contribution in [-0.4, -0.2) is 28.0 Å². The van der Waals surface area contributed by atoms with Crippen LogP contribution in [0.25, 0.3) is 5.53 Å². The summed E-state index contributed by atoms with van der Waals surface area (Å²) in [6.45, 7) is 1.49. The Hall–Kier alpha value is -0.990. The van der Waals surface area contributed by atoms with Gasteiger partial charge < -0.3 is 10.6 Å². The van der Waals surface area contributed by atoms with E-state index in [-0.39, 0.29) is 12.2 Å². The van der Waals surface area contributed by atoms with Gasteiger partial charge >= 0.3 is 6.21 Å². The van der Waals surface area contributed by atoms with E-state index in [1.807, 2.05) is 0 Å². The SMILES string of the molecule is C[C@@H](O)CC(=O)C=[N+]=[N-]. The predicted octanol–water partition coefficient (Wildman–Crippen LogP) is -0.373. The lowest BCUT2D eigenvalue weighted by Gasteiger charge is -1.93. The third-order valence-electron chi connectivity index (χ3n) is 0.698. The number of ketones is 1. The highest BCUT2D eigenvalue weighted by atomic mass is 16.3. The summed E-state index contributed by atoms with van der Waals surface area (Å²) in [7, 11) is 0. The van der Waals surface area contributed by atoms with Crippen LogP contribution in [-0.2, 0) is 4.79 Å². The van der Waals surface area contributed by atoms with Gasteiger partial charge in [0.15, 0.2) is 0 Å². The Balaban J connectivity index is 3.64. The van der Waals surface area contributed by atoms with Crippen molar-refractivity contribution in [2.24, 2.45) is 0 Å². The van der Waals surface area contributed by atoms with Crippen LogP contribution in [0.2, 0.25) is 0 Å². The molecule has 0 aromatic rings. The summed E-state index contributed by atoms with van der Waals surface area (Å²) in [5.74, 6) is -0.382. The first kappa shape index (κ1) is 8.01. The Labute approximate surface area is 52.7 Å². The van der Waals surface area contributed by atoms with E-state index in [2.05, 4.69) is 4.79 Å². The first-order valence-corrected chi connectivity index (χ1v) is 2.55. The number of carbonyl (C=O) groups is 1. The molecule has 9 heavy (non-hydrogen) atoms. The van der Waals surface area contributed by atoms with Crippen molar-refractivity contribution in [2.45, 2.75) is 19.4 Å². The van der Waals surface area contributed by atoms with E-state index < -0.39 is 6.10 Å². The van der Waals surface area contributed by atoms with E-state index in [9.17, 15) is 4.79 Å². The van der Waals surface area contributed by atoms with Crippen molar-refractivity contribution >= 4 is 12.0 Å². The van der Waals surface area contributed by atoms with Gasteiger partial charge in [-0.25, -0.2) is 0 Å². The number of aliphatic hydroxyl groups is 1. The third kappa shape index (κ3) is 4.87. The number of carbonyl (C=O) groups excluding carboxylic acids is 1. The Morgan fingerprint density at radius 3 is 2.89 bits per heavy atom. The van der Waals surface area contributed by atoms with E-state index >= 15 is 0 Å². The smallest absolute Gasteiger partial charge is 0.323 e. The highest BCUT2D eigenvalue weighted by molar-refractivity contribution is 6.25. The van der Waals surface area contributed by atoms with Gasteiger partial charge in [0.05, 0.1) is 6.10 Å². The highest BCUT2D eigenvalue weighted by Crippen LogP contribution is 1.86. The largest absolute Gasteiger partial charge is 0.393 e. The summed E-state index contributed by atoms with van der Waals surface area (Å²) in [5.41, 5.74) is 7.82. The quantitative estimate of drug-likeness (QED) is 0.320. The van der Waals surface area contributed by atoms with Crippen LogP contribution >= 0.6 is 0 Å². The second kappa shape index (κ2) is 3.95. The molecule has 0 rings (SSSR count). The summed E-state index contributed by atoms with van der Waals surface area (Å²) >= 11 is 0. The summed E-state index contributed by atoms with van der Waals surface area (Å²) < 4.78 is 0. The highest BCUT2D eigenvalue weighted by Gasteiger charge is 2.05. The molecule has 0 aliphatic carbocycles. The molecule has 0 saturated carbocycles. The molecule has 4 heteroatoms. The summed E-state index contributed by atoms with van der Waals surface area (Å²) in [6.07, 6.45) is 0.104. The molecular weight excluding hydrogens is 120 g/mol. The monoisotopic (exact) mass is 128 g/mol. The van der Waals surface area contributed by atoms with Crippen molar-refractivity contribution < 1.29 is 14.7 Å². The second-order valence-corrected chi connectivity index (χ2v) is 1.76. The molecule has 0 spiro atoms. The maximum Gasteiger partial charge on any atom is 0.323 e. The molecule has 50 valence electrons. The fraction of sp³-hybridized carbons (Fsp3) is 0.600. The lowest BCUT2D eigenvalue weighted by molar-refractivity contribution is -0.117. The Bertz CT molecular complexity index is 147. The lowest BCUT2D eigenvalue weighted by atomic mass is 10.2. The van der Waals surface area contributed by atoms with E-state index in [0.717, 1.165) is 6.21 Å². The number of hydrogen-bond acceptors (Lipinski definition) is 2. The van der Waals surface area contributed by atoms with Crippen LogP contribution in [0, 0.1) is 0 Å². The average Bonchev–Trinajstić information content (AvgIpc) is 1.63. The van der Waals surface area contributed by atoms with E-state index in [0.29, 0.717) is 0 Å². The molecule has 0 aromatic heterocycles. The van der Waals surface area contributed by atoms with E-state index in [1.54, 1.807) is 0 Å². The van der Waals surface area contributed by atoms with E-state index in [4.69, 9.17) is 10.6 Å². The normalized spacial score (nSPS) is 11.8. The summed E-state index contributed by atoms with van der Waals surface area (Å²) in [6, 6.07) is 0. The second-order valence-electron chi connectivity index (χ2n) is 1.76. The molecule has 0 aliphatic heterocycles. The molecule has 0 heterocycles. The van der Waals surface area contributed by atoms with Crippen molar-refractivity contribution in [2.75, 3.05) is 0 Å². The zero-order valence-corrected chi connectivity index (χ0v) is 5.11. The minimum Gasteiger partial charge on any atom is -0.393 e. The first-order valence-electron chi connectivity index (χ1n) is 2.55. The van der Waals surface area contributed by atoms with Gasteiger partial charge in [-0.2, -0.15) is 4.79 Å². The summed E-state index contributed by atoms with van der Waals surface area (Å²) in [5, 5.41) is 8.59. The molecule has 1 N–H and O–H groups in total. The number of hydrogen-bond donors (Lipinski definition) is 1. The molecule has 0 fully saturated rings. The molecule has 1 atom stereocenters. The van der Waals surface area contributed by atoms with Gasteiger partial charge in [-0.05, 0) is 6.92 Å². The van der Waals surface area contributed by atoms with Crippen molar-refractivity contribution in [3.8, 4) is 0 Å². The molecule has 0 amide bonds. The fourth-order valence-corrected chi connectivity index (χ4v) is 0.408. The van der Waals surface area contributed by atoms with Gasteiger partial charge in [-0.3, -0.25) is 4.79 Å². The molecule has 0 radical (unpaired) electrons. The van der Waals surface area contributed by atoms with Gasteiger partial charge in [-0.15, -0.1) is 0 Å². The van der Waals surface area contributed by atoms with E-state index in [1.165, 1.54) is 6.92 Å². The van der Waals surface area contributed by atoms with Crippen LogP contribution in [0.4, 0.5) is 0 Å². The van der Waals surface area contributed by atoms with Crippen LogP contribution in [0.3, 0.4) is 0 Å². The summed E-state index contributed by atoms with van der Waals surface area (Å²) in [4.78, 5) is 12.9. The van der Waals surface area contributed by atoms with Crippen molar-refractivity contribution in [3.05, 3.63) is 5.53 Å². The first-order chi connectivity index (χ1) is 4.16. The van der Waals surface area contributed by atoms with Gasteiger partial charge in [-0.1, -0.05) is 0 Å². The standard InChI is InChI=1S/C5H8N2O2/c1-4(8)2-5(9)3-7-6/h3-4,8H,2H2,1H3/t4-/m1/s1. The van der Waals surface area contributed by atoms with Gasteiger partial charge in [0.25, 0.3) is 0 Å². The predicted molar refractivity (Wildman–Crippen MR) is 31.0 cm³/mol. The maximum absolute atomic E-state index is 10.4. The van der Waals surface area contributed by atoms with Gasteiger partial charge in [0.2, 0.25) is 5.78 Å². The molecule has 4 nitrogen and oxygen atoms in total. The Kier molecular flexibility index (Phi) is 3.51. The molecule has 0 aromatic carbocycles. The molecular formula is C5H8N2O2. The number of aliphatic hydroxyl groups excluding tert-OH is 1. The zero-order valence-electron chi connectivity index (χ0n) is 5.11. The molecule has 0 bridgehead atoms. The zero-order chi connectivity index (χ0) is 7.28. The lowest BCUT2D eigenvalue weighted by Crippen LogP contribution is -2.10. The number of rotatable bonds is 3. The minimum absolute atomic E-state index is 0.00403. The molecule has 0 aliphatic rings. The molecule has 0 saturated heterocycles. The third-order valence-corrected chi connectivity index (χ3v) is 0.698. The van der Waals surface area contributed by atoms with Crippen molar-refractivity contribution in [1.82, 2.24) is 0 Å². The Morgan fingerprint density at radius 1 is 2.00 bits per heavy atom. The van der Waals surface area contributed by atoms with Crippen LogP contribution in [0.15, 0.2) is 0 Å². The van der Waals surface area contributed by atoms with Crippen LogP contribution < -0.4 is 0 Å². The van der Waals surface area contributed by atoms with Crippen molar-refractivity contribution in [1.29, 1.82) is 0 Å². The van der Waals surface area contributed by atoms with Crippen LogP contribution in [0.1, 0.15) is 13.3 Å². The van der Waals surface area contributed by atoms with Crippen molar-refractivity contribution in [3.63, 3.8) is 0 Å². The average molecular weight is 128 g/mol. The number of nitrogens with zero attached hydrogens (tertiary/aromatic N) is 2. The fourth-order valence-electron chi connectivity index (χ4n) is 0.408. The maximum atomic E-state index is 10.4. The van der Waals surface area contributed by atoms with Crippen LogP contribution in [0.5, 0.6) is 0 Å². The Morgan fingerprint density at radius 2 is 2.56 bits per heavy atom. The van der Waals surface area contributed by atoms with Gasteiger partial charge in [0, 0.05) is 6.42 Å².